The van der Waals surface area contributed by atoms with Crippen LogP contribution < -0.4 is 10.5 Å². The lowest BCUT2D eigenvalue weighted by Crippen LogP contribution is -2.07. The molecule has 9 heteroatoms. The van der Waals surface area contributed by atoms with Crippen molar-refractivity contribution >= 4 is 17.1 Å². The summed E-state index contributed by atoms with van der Waals surface area (Å²) in [6, 6.07) is 0.983. The summed E-state index contributed by atoms with van der Waals surface area (Å²) in [4.78, 5) is 20.1. The highest BCUT2D eigenvalue weighted by atomic mass is 16.6. The van der Waals surface area contributed by atoms with Crippen LogP contribution in [0, 0.1) is 20.2 Å². The minimum Gasteiger partial charge on any atom is -0.485 e. The zero-order valence-electron chi connectivity index (χ0n) is 9.45. The number of nitrogens with two attached hydrogens (primary N) is 1. The molecule has 0 bridgehead atoms. The Labute approximate surface area is 101 Å². The molecule has 0 aliphatic heterocycles. The van der Waals surface area contributed by atoms with Gasteiger partial charge in [-0.2, -0.15) is 0 Å². The van der Waals surface area contributed by atoms with Crippen molar-refractivity contribution in [1.82, 2.24) is 0 Å². The van der Waals surface area contributed by atoms with E-state index in [-0.39, 0.29) is 24.3 Å². The molecule has 0 fully saturated rings. The molecule has 0 aromatic heterocycles. The monoisotopic (exact) mass is 257 g/mol. The standard InChI is InChI=1S/C9H11N3O6/c1-18-9-7(11(14)15)4-6(10)5(2-3-13)8(9)12(16)17/h4,13H,2-3,10H2,1H3. The molecule has 0 aliphatic rings. The molecule has 1 aromatic rings. The van der Waals surface area contributed by atoms with Crippen molar-refractivity contribution in [3.8, 4) is 5.75 Å². The predicted molar refractivity (Wildman–Crippen MR) is 61.5 cm³/mol. The maximum Gasteiger partial charge on any atom is 0.323 e. The van der Waals surface area contributed by atoms with Crippen LogP contribution >= 0.6 is 0 Å². The third-order valence-corrected chi connectivity index (χ3v) is 2.32. The van der Waals surface area contributed by atoms with E-state index >= 15 is 0 Å². The van der Waals surface area contributed by atoms with E-state index in [1.54, 1.807) is 0 Å². The third-order valence-electron chi connectivity index (χ3n) is 2.32. The van der Waals surface area contributed by atoms with Gasteiger partial charge in [-0.15, -0.1) is 0 Å². The van der Waals surface area contributed by atoms with Crippen LogP contribution in [-0.4, -0.2) is 28.7 Å². The van der Waals surface area contributed by atoms with Gasteiger partial charge in [-0.05, 0) is 0 Å². The Balaban J connectivity index is 3.66. The largest absolute Gasteiger partial charge is 0.485 e. The molecule has 0 heterocycles. The minimum absolute atomic E-state index is 0.0185. The third kappa shape index (κ3) is 2.30. The average molecular weight is 257 g/mol. The number of anilines is 1. The second kappa shape index (κ2) is 5.27. The van der Waals surface area contributed by atoms with Gasteiger partial charge in [-0.1, -0.05) is 0 Å². The molecule has 1 rings (SSSR count). The molecule has 98 valence electrons. The zero-order valence-corrected chi connectivity index (χ0v) is 9.45. The predicted octanol–water partition coefficient (Wildman–Crippen LogP) is 0.629. The quantitative estimate of drug-likeness (QED) is 0.447. The van der Waals surface area contributed by atoms with Gasteiger partial charge >= 0.3 is 11.4 Å². The number of nitrogens with zero attached hydrogens (tertiary/aromatic N) is 2. The number of rotatable bonds is 5. The number of nitrogen functional groups attached to an aromatic ring is 1. The van der Waals surface area contributed by atoms with Crippen LogP contribution in [-0.2, 0) is 6.42 Å². The summed E-state index contributed by atoms with van der Waals surface area (Å²) in [6.45, 7) is -0.369. The van der Waals surface area contributed by atoms with Gasteiger partial charge in [0, 0.05) is 24.8 Å². The average Bonchev–Trinajstić information content (AvgIpc) is 2.30. The Bertz CT molecular complexity index is 502. The highest BCUT2D eigenvalue weighted by Crippen LogP contribution is 2.42. The summed E-state index contributed by atoms with van der Waals surface area (Å²) in [5, 5.41) is 30.6. The van der Waals surface area contributed by atoms with Crippen molar-refractivity contribution in [3.05, 3.63) is 31.9 Å². The molecule has 3 N–H and O–H groups in total. The van der Waals surface area contributed by atoms with Crippen LogP contribution in [0.4, 0.5) is 17.1 Å². The number of hydrogen-bond donors (Lipinski definition) is 2. The lowest BCUT2D eigenvalue weighted by molar-refractivity contribution is -0.396. The van der Waals surface area contributed by atoms with Gasteiger partial charge in [-0.3, -0.25) is 20.2 Å². The highest BCUT2D eigenvalue weighted by molar-refractivity contribution is 5.73. The van der Waals surface area contributed by atoms with Crippen LogP contribution in [0.15, 0.2) is 6.07 Å². The van der Waals surface area contributed by atoms with Crippen molar-refractivity contribution in [2.45, 2.75) is 6.42 Å². The molecule has 18 heavy (non-hydrogen) atoms. The van der Waals surface area contributed by atoms with Gasteiger partial charge in [0.25, 0.3) is 5.75 Å². The number of aliphatic hydroxyl groups is 1. The first-order chi connectivity index (χ1) is 8.43. The topological polar surface area (TPSA) is 142 Å². The number of nitro benzene ring substituents is 2. The maximum absolute atomic E-state index is 11.0. The van der Waals surface area contributed by atoms with Crippen LogP contribution in [0.3, 0.4) is 0 Å². The van der Waals surface area contributed by atoms with Crippen LogP contribution in [0.5, 0.6) is 5.75 Å². The molecule has 0 saturated carbocycles. The molecule has 0 atom stereocenters. The summed E-state index contributed by atoms with van der Waals surface area (Å²) in [7, 11) is 1.09. The minimum atomic E-state index is -0.815. The summed E-state index contributed by atoms with van der Waals surface area (Å²) < 4.78 is 4.72. The molecule has 0 aliphatic carbocycles. The van der Waals surface area contributed by atoms with E-state index in [9.17, 15) is 20.2 Å². The van der Waals surface area contributed by atoms with Gasteiger partial charge < -0.3 is 15.6 Å². The number of aliphatic hydroxyl groups excluding tert-OH is 1. The van der Waals surface area contributed by atoms with E-state index in [0.29, 0.717) is 0 Å². The fourth-order valence-corrected chi connectivity index (χ4v) is 1.60. The smallest absolute Gasteiger partial charge is 0.323 e. The second-order valence-corrected chi connectivity index (χ2v) is 3.33. The number of ether oxygens (including phenoxy) is 1. The fraction of sp³-hybridized carbons (Fsp3) is 0.333. The first-order valence-corrected chi connectivity index (χ1v) is 4.83. The molecule has 0 amide bonds. The van der Waals surface area contributed by atoms with Gasteiger partial charge in [0.1, 0.15) is 0 Å². The first-order valence-electron chi connectivity index (χ1n) is 4.83. The van der Waals surface area contributed by atoms with Crippen molar-refractivity contribution < 1.29 is 19.7 Å². The van der Waals surface area contributed by atoms with Crippen molar-refractivity contribution in [2.75, 3.05) is 19.5 Å². The lowest BCUT2D eigenvalue weighted by Gasteiger charge is -2.09. The van der Waals surface area contributed by atoms with Gasteiger partial charge in [0.15, 0.2) is 0 Å². The van der Waals surface area contributed by atoms with Crippen molar-refractivity contribution in [3.63, 3.8) is 0 Å². The Morgan fingerprint density at radius 3 is 2.39 bits per heavy atom. The molecular formula is C9H11N3O6. The Kier molecular flexibility index (Phi) is 4.00. The van der Waals surface area contributed by atoms with E-state index in [0.717, 1.165) is 13.2 Å². The number of methoxy groups -OCH3 is 1. The lowest BCUT2D eigenvalue weighted by atomic mass is 10.1. The number of hydrogen-bond acceptors (Lipinski definition) is 7. The van der Waals surface area contributed by atoms with E-state index in [1.807, 2.05) is 0 Å². The molecule has 9 nitrogen and oxygen atoms in total. The Morgan fingerprint density at radius 2 is 2.00 bits per heavy atom. The Morgan fingerprint density at radius 1 is 1.39 bits per heavy atom. The second-order valence-electron chi connectivity index (χ2n) is 3.33. The maximum atomic E-state index is 11.0. The SMILES string of the molecule is COc1c([N+](=O)[O-])cc(N)c(CCO)c1[N+](=O)[O-]. The molecule has 0 radical (unpaired) electrons. The number of nitro groups is 2. The molecule has 0 unspecified atom stereocenters. The van der Waals surface area contributed by atoms with Crippen LogP contribution in [0.2, 0.25) is 0 Å². The van der Waals surface area contributed by atoms with Gasteiger partial charge in [0.2, 0.25) is 0 Å². The van der Waals surface area contributed by atoms with E-state index < -0.39 is 27.0 Å². The van der Waals surface area contributed by atoms with E-state index in [2.05, 4.69) is 0 Å². The normalized spacial score (nSPS) is 10.1. The van der Waals surface area contributed by atoms with Crippen LogP contribution in [0.1, 0.15) is 5.56 Å². The van der Waals surface area contributed by atoms with Crippen LogP contribution in [0.25, 0.3) is 0 Å². The zero-order chi connectivity index (χ0) is 13.9. The molecule has 0 saturated heterocycles. The summed E-state index contributed by atoms with van der Waals surface area (Å²) >= 11 is 0. The van der Waals surface area contributed by atoms with Gasteiger partial charge in [0.05, 0.1) is 22.5 Å². The van der Waals surface area contributed by atoms with E-state index in [4.69, 9.17) is 15.6 Å². The Hall–Kier alpha value is -2.42. The van der Waals surface area contributed by atoms with Gasteiger partial charge in [-0.25, -0.2) is 0 Å². The van der Waals surface area contributed by atoms with Crippen molar-refractivity contribution in [2.24, 2.45) is 0 Å². The molecule has 1 aromatic carbocycles. The molecule has 0 spiro atoms. The fourth-order valence-electron chi connectivity index (χ4n) is 1.60. The van der Waals surface area contributed by atoms with Crippen molar-refractivity contribution in [1.29, 1.82) is 0 Å². The molecular weight excluding hydrogens is 246 g/mol. The number of benzene rings is 1. The summed E-state index contributed by atoms with van der Waals surface area (Å²) in [6.07, 6.45) is -0.0868. The first kappa shape index (κ1) is 13.6. The highest BCUT2D eigenvalue weighted by Gasteiger charge is 2.32. The van der Waals surface area contributed by atoms with E-state index in [1.165, 1.54) is 0 Å². The summed E-state index contributed by atoms with van der Waals surface area (Å²) in [5.41, 5.74) is 4.26. The summed E-state index contributed by atoms with van der Waals surface area (Å²) in [5.74, 6) is -0.470.